The third-order valence-electron chi connectivity index (χ3n) is 9.46. The molecule has 0 bridgehead atoms. The van der Waals surface area contributed by atoms with Crippen molar-refractivity contribution in [3.05, 3.63) is 158 Å². The summed E-state index contributed by atoms with van der Waals surface area (Å²) in [7, 11) is 0. The van der Waals surface area contributed by atoms with Gasteiger partial charge in [-0.2, -0.15) is 0 Å². The number of benzene rings is 7. The monoisotopic (exact) mass is 558 g/mol. The molecule has 10 aromatic rings. The molecule has 0 saturated heterocycles. The Labute approximate surface area is 253 Å². The van der Waals surface area contributed by atoms with E-state index in [1.165, 1.54) is 87.1 Å². The Morgan fingerprint density at radius 2 is 0.705 bits per heavy atom. The first-order valence-electron chi connectivity index (χ1n) is 15.2. The van der Waals surface area contributed by atoms with Gasteiger partial charge in [-0.1, -0.05) is 121 Å². The molecule has 0 amide bonds. The van der Waals surface area contributed by atoms with Crippen LogP contribution in [0.1, 0.15) is 0 Å². The molecular weight excluding hydrogens is 532 g/mol. The van der Waals surface area contributed by atoms with Crippen molar-refractivity contribution in [2.24, 2.45) is 0 Å². The maximum Gasteiger partial charge on any atom is 0.0619 e. The number of rotatable bonds is 1. The van der Waals surface area contributed by atoms with E-state index in [9.17, 15) is 0 Å². The number of nitrogens with zero attached hydrogens (tertiary/aromatic N) is 2. The molecule has 3 aromatic heterocycles. The number of fused-ring (bicyclic) bond motifs is 13. The second-order valence-corrected chi connectivity index (χ2v) is 11.7. The average molecular weight is 559 g/mol. The summed E-state index contributed by atoms with van der Waals surface area (Å²) in [4.78, 5) is 0. The average Bonchev–Trinajstić information content (AvgIpc) is 3.61. The molecule has 0 saturated carbocycles. The molecule has 0 atom stereocenters. The van der Waals surface area contributed by atoms with Gasteiger partial charge in [0.05, 0.1) is 27.6 Å². The fourth-order valence-electron chi connectivity index (χ4n) is 7.65. The molecule has 2 heteroatoms. The molecule has 0 fully saturated rings. The van der Waals surface area contributed by atoms with E-state index in [-0.39, 0.29) is 0 Å². The van der Waals surface area contributed by atoms with Gasteiger partial charge in [0.2, 0.25) is 0 Å². The van der Waals surface area contributed by atoms with E-state index in [4.69, 9.17) is 0 Å². The molecular formula is C42H26N2. The van der Waals surface area contributed by atoms with Crippen molar-refractivity contribution in [3.8, 4) is 5.69 Å². The first-order valence-corrected chi connectivity index (χ1v) is 15.2. The Morgan fingerprint density at radius 3 is 1.39 bits per heavy atom. The maximum atomic E-state index is 2.53. The van der Waals surface area contributed by atoms with Crippen molar-refractivity contribution >= 4 is 81.4 Å². The molecule has 0 spiro atoms. The highest BCUT2D eigenvalue weighted by molar-refractivity contribution is 6.26. The Kier molecular flexibility index (Phi) is 4.75. The van der Waals surface area contributed by atoms with Crippen molar-refractivity contribution in [3.63, 3.8) is 0 Å². The van der Waals surface area contributed by atoms with E-state index >= 15 is 0 Å². The van der Waals surface area contributed by atoms with E-state index in [2.05, 4.69) is 167 Å². The van der Waals surface area contributed by atoms with Crippen molar-refractivity contribution in [2.75, 3.05) is 0 Å². The van der Waals surface area contributed by atoms with Gasteiger partial charge in [-0.25, -0.2) is 0 Å². The molecule has 0 unspecified atom stereocenters. The van der Waals surface area contributed by atoms with Crippen molar-refractivity contribution in [1.29, 1.82) is 0 Å². The zero-order valence-electron chi connectivity index (χ0n) is 23.9. The van der Waals surface area contributed by atoms with Gasteiger partial charge in [0.25, 0.3) is 0 Å². The highest BCUT2D eigenvalue weighted by atomic mass is 15.0. The first kappa shape index (κ1) is 23.7. The lowest BCUT2D eigenvalue weighted by Gasteiger charge is -2.09. The summed E-state index contributed by atoms with van der Waals surface area (Å²) in [6.45, 7) is 0. The molecule has 10 rings (SSSR count). The van der Waals surface area contributed by atoms with E-state index < -0.39 is 0 Å². The van der Waals surface area contributed by atoms with Gasteiger partial charge in [0.15, 0.2) is 0 Å². The largest absolute Gasteiger partial charge is 0.309 e. The number of hydrogen-bond donors (Lipinski definition) is 0. The molecule has 44 heavy (non-hydrogen) atoms. The predicted molar refractivity (Wildman–Crippen MR) is 188 cm³/mol. The van der Waals surface area contributed by atoms with E-state index in [0.29, 0.717) is 0 Å². The van der Waals surface area contributed by atoms with Gasteiger partial charge < -0.3 is 8.97 Å². The van der Waals surface area contributed by atoms with Crippen LogP contribution in [0.2, 0.25) is 0 Å². The highest BCUT2D eigenvalue weighted by Crippen LogP contribution is 2.41. The van der Waals surface area contributed by atoms with Crippen molar-refractivity contribution in [2.45, 2.75) is 0 Å². The summed E-state index contributed by atoms with van der Waals surface area (Å²) in [6, 6.07) is 57.9. The lowest BCUT2D eigenvalue weighted by molar-refractivity contribution is 1.18. The minimum absolute atomic E-state index is 1.17. The molecule has 0 aliphatic heterocycles. The minimum atomic E-state index is 1.17. The molecule has 204 valence electrons. The van der Waals surface area contributed by atoms with Gasteiger partial charge in [-0.05, 0) is 57.9 Å². The second-order valence-electron chi connectivity index (χ2n) is 11.7. The quantitative estimate of drug-likeness (QED) is 0.190. The number of hydrogen-bond acceptors (Lipinski definition) is 0. The van der Waals surface area contributed by atoms with Gasteiger partial charge in [-0.3, -0.25) is 0 Å². The molecule has 7 aromatic carbocycles. The van der Waals surface area contributed by atoms with Crippen LogP contribution in [-0.4, -0.2) is 8.97 Å². The fraction of sp³-hybridized carbons (Fsp3) is 0. The van der Waals surface area contributed by atoms with Gasteiger partial charge >= 0.3 is 0 Å². The smallest absolute Gasteiger partial charge is 0.0619 e. The Hall–Kier alpha value is -5.86. The SMILES string of the molecule is c1ccc(-n2c3ccccc3c3cc4c(cc32)c2ccccc2c2ccccc2c2cccc3c5ccccc5n4c23)cc1. The molecule has 0 aliphatic rings. The van der Waals surface area contributed by atoms with E-state index in [1.807, 2.05) is 0 Å². The van der Waals surface area contributed by atoms with Gasteiger partial charge in [0, 0.05) is 38.0 Å². The highest BCUT2D eigenvalue weighted by Gasteiger charge is 2.18. The summed E-state index contributed by atoms with van der Waals surface area (Å²) in [5.74, 6) is 0. The zero-order chi connectivity index (χ0) is 28.8. The van der Waals surface area contributed by atoms with Crippen LogP contribution in [-0.2, 0) is 0 Å². The van der Waals surface area contributed by atoms with E-state index in [0.717, 1.165) is 0 Å². The zero-order valence-corrected chi connectivity index (χ0v) is 23.9. The number of aromatic nitrogens is 2. The second kappa shape index (κ2) is 8.82. The Balaban J connectivity index is 1.61. The first-order chi connectivity index (χ1) is 21.9. The van der Waals surface area contributed by atoms with Gasteiger partial charge in [-0.15, -0.1) is 0 Å². The lowest BCUT2D eigenvalue weighted by atomic mass is 10.00. The summed E-state index contributed by atoms with van der Waals surface area (Å²) in [5.41, 5.74) is 7.26. The van der Waals surface area contributed by atoms with Crippen molar-refractivity contribution < 1.29 is 0 Å². The van der Waals surface area contributed by atoms with Crippen molar-refractivity contribution in [1.82, 2.24) is 8.97 Å². The van der Waals surface area contributed by atoms with Crippen LogP contribution in [0.15, 0.2) is 158 Å². The Bertz CT molecular complexity index is 2820. The normalized spacial score (nSPS) is 12.1. The number of para-hydroxylation sites is 4. The third-order valence-corrected chi connectivity index (χ3v) is 9.46. The maximum absolute atomic E-state index is 2.53. The molecule has 2 nitrogen and oxygen atoms in total. The fourth-order valence-corrected chi connectivity index (χ4v) is 7.65. The summed E-state index contributed by atoms with van der Waals surface area (Å²) in [6.07, 6.45) is 0. The van der Waals surface area contributed by atoms with Crippen LogP contribution < -0.4 is 0 Å². The van der Waals surface area contributed by atoms with Crippen LogP contribution in [0.5, 0.6) is 0 Å². The molecule has 3 heterocycles. The molecule has 0 aliphatic carbocycles. The van der Waals surface area contributed by atoms with E-state index in [1.54, 1.807) is 0 Å². The van der Waals surface area contributed by atoms with Crippen LogP contribution in [0.3, 0.4) is 0 Å². The van der Waals surface area contributed by atoms with Gasteiger partial charge in [0.1, 0.15) is 0 Å². The third kappa shape index (κ3) is 3.09. The topological polar surface area (TPSA) is 9.34 Å². The lowest BCUT2D eigenvalue weighted by Crippen LogP contribution is -1.93. The summed E-state index contributed by atoms with van der Waals surface area (Å²) in [5, 5.41) is 12.5. The van der Waals surface area contributed by atoms with Crippen LogP contribution in [0, 0.1) is 0 Å². The Morgan fingerprint density at radius 1 is 0.273 bits per heavy atom. The molecule has 0 N–H and O–H groups in total. The summed E-state index contributed by atoms with van der Waals surface area (Å²) >= 11 is 0. The predicted octanol–water partition coefficient (Wildman–Crippen LogP) is 11.4. The van der Waals surface area contributed by atoms with Crippen LogP contribution >= 0.6 is 0 Å². The minimum Gasteiger partial charge on any atom is -0.309 e. The van der Waals surface area contributed by atoms with Crippen LogP contribution in [0.25, 0.3) is 87.1 Å². The standard InChI is InChI=1S/C42H26N2/c1-2-13-27(14-3-1)43-38-23-10-9-20-33(38)37-26-41-36(25-40(37)43)31-18-7-5-16-29(31)28-15-4-6-17-30(28)34-21-12-22-35-32-19-8-11-24-39(32)44(41)42(34)35/h1-26H. The summed E-state index contributed by atoms with van der Waals surface area (Å²) < 4.78 is 4.95. The van der Waals surface area contributed by atoms with Crippen LogP contribution in [0.4, 0.5) is 0 Å². The molecule has 0 radical (unpaired) electrons.